The number of carbonyl (C=O) groups excluding carboxylic acids is 6. The van der Waals surface area contributed by atoms with Crippen LogP contribution in [0.1, 0.15) is 62.8 Å². The molecule has 8 atom stereocenters. The molecule has 1 saturated heterocycles. The van der Waals surface area contributed by atoms with Crippen molar-refractivity contribution >= 4 is 35.6 Å². The summed E-state index contributed by atoms with van der Waals surface area (Å²) in [6, 6.07) is 32.1. The van der Waals surface area contributed by atoms with E-state index in [4.69, 9.17) is 23.7 Å². The predicted octanol–water partition coefficient (Wildman–Crippen LogP) is 4.79. The van der Waals surface area contributed by atoms with Gasteiger partial charge in [-0.2, -0.15) is 0 Å². The first-order valence-corrected chi connectivity index (χ1v) is 22.7. The van der Waals surface area contributed by atoms with Gasteiger partial charge >= 0.3 is 11.9 Å². The van der Waals surface area contributed by atoms with Gasteiger partial charge in [-0.3, -0.25) is 19.2 Å². The fourth-order valence-electron chi connectivity index (χ4n) is 7.80. The molecule has 15 nitrogen and oxygen atoms in total. The van der Waals surface area contributed by atoms with Gasteiger partial charge in [0.2, 0.25) is 11.8 Å². The number of nitrogens with one attached hydrogen (secondary N) is 4. The smallest absolute Gasteiger partial charge is 0.328 e. The van der Waals surface area contributed by atoms with E-state index in [1.54, 1.807) is 24.3 Å². The van der Waals surface area contributed by atoms with E-state index in [-0.39, 0.29) is 50.7 Å². The second-order valence-electron chi connectivity index (χ2n) is 17.4. The van der Waals surface area contributed by atoms with Crippen LogP contribution in [-0.4, -0.2) is 98.4 Å². The van der Waals surface area contributed by atoms with Gasteiger partial charge in [0.15, 0.2) is 12.2 Å². The fourth-order valence-corrected chi connectivity index (χ4v) is 7.80. The summed E-state index contributed by atoms with van der Waals surface area (Å²) in [5, 5.41) is 11.2. The number of carbonyl (C=O) groups is 6. The van der Waals surface area contributed by atoms with Crippen LogP contribution in [0.15, 0.2) is 121 Å². The van der Waals surface area contributed by atoms with Gasteiger partial charge in [-0.15, -0.1) is 0 Å². The van der Waals surface area contributed by atoms with Crippen molar-refractivity contribution in [2.45, 2.75) is 115 Å². The van der Waals surface area contributed by atoms with Crippen molar-refractivity contribution in [3.63, 3.8) is 0 Å². The molecule has 358 valence electrons. The second-order valence-corrected chi connectivity index (χ2v) is 17.4. The first kappa shape index (κ1) is 51.6. The van der Waals surface area contributed by atoms with Crippen molar-refractivity contribution in [1.82, 2.24) is 21.3 Å². The summed E-state index contributed by atoms with van der Waals surface area (Å²) in [6.07, 6.45) is -4.90. The van der Waals surface area contributed by atoms with Crippen molar-refractivity contribution in [1.29, 1.82) is 0 Å². The quantitative estimate of drug-likeness (QED) is 0.0706. The van der Waals surface area contributed by atoms with Gasteiger partial charge in [-0.1, -0.05) is 149 Å². The molecule has 1 aliphatic heterocycles. The number of benzene rings is 4. The number of ether oxygens (including phenoxy) is 5. The maximum Gasteiger partial charge on any atom is 0.328 e. The SMILES string of the molecule is COC(=O)[C@H](CC(C)C)NC(=O)[C@H](Cc1ccccc1)NC(=O)[C@@H]1O[C@@H](C(=O)N[C@@H](Cc2ccccc2)C(=O)N[C@@H](CC(C)C)C(=O)OC)[C@@H](OCc2ccccc2)[C@@H]1OCc1ccccc1. The Morgan fingerprint density at radius 2 is 0.776 bits per heavy atom. The number of amides is 4. The third kappa shape index (κ3) is 15.9. The van der Waals surface area contributed by atoms with Crippen LogP contribution in [0.5, 0.6) is 0 Å². The first-order valence-electron chi connectivity index (χ1n) is 22.7. The van der Waals surface area contributed by atoms with Crippen LogP contribution in [0.4, 0.5) is 0 Å². The Hall–Kier alpha value is -6.42. The summed E-state index contributed by atoms with van der Waals surface area (Å²) in [4.78, 5) is 83.6. The number of hydrogen-bond acceptors (Lipinski definition) is 11. The lowest BCUT2D eigenvalue weighted by Crippen LogP contribution is -2.56. The molecule has 0 spiro atoms. The monoisotopic (exact) mass is 920 g/mol. The van der Waals surface area contributed by atoms with Crippen molar-refractivity contribution < 1.29 is 52.5 Å². The lowest BCUT2D eigenvalue weighted by atomic mass is 10.0. The number of hydrogen-bond donors (Lipinski definition) is 4. The van der Waals surface area contributed by atoms with Crippen LogP contribution in [0.2, 0.25) is 0 Å². The third-order valence-electron chi connectivity index (χ3n) is 11.2. The van der Waals surface area contributed by atoms with Crippen LogP contribution < -0.4 is 21.3 Å². The van der Waals surface area contributed by atoms with Crippen molar-refractivity contribution in [3.8, 4) is 0 Å². The van der Waals surface area contributed by atoms with Crippen LogP contribution in [0.25, 0.3) is 0 Å². The van der Waals surface area contributed by atoms with E-state index in [2.05, 4.69) is 21.3 Å². The molecule has 4 aromatic carbocycles. The summed E-state index contributed by atoms with van der Waals surface area (Å²) in [5.74, 6) is -4.09. The molecule has 1 heterocycles. The Kier molecular flexibility index (Phi) is 20.1. The zero-order chi connectivity index (χ0) is 48.3. The Labute approximate surface area is 393 Å². The van der Waals surface area contributed by atoms with Gasteiger partial charge in [0.25, 0.3) is 11.8 Å². The van der Waals surface area contributed by atoms with Gasteiger partial charge in [0, 0.05) is 12.8 Å². The molecular weight excluding hydrogens is 857 g/mol. The Morgan fingerprint density at radius 1 is 0.463 bits per heavy atom. The van der Waals surface area contributed by atoms with Crippen LogP contribution in [0, 0.1) is 11.8 Å². The molecule has 0 unspecified atom stereocenters. The maximum absolute atomic E-state index is 14.8. The lowest BCUT2D eigenvalue weighted by Gasteiger charge is -2.27. The van der Waals surface area contributed by atoms with E-state index in [1.807, 2.05) is 125 Å². The van der Waals surface area contributed by atoms with Crippen molar-refractivity contribution in [2.75, 3.05) is 14.2 Å². The Morgan fingerprint density at radius 3 is 1.07 bits per heavy atom. The molecule has 0 saturated carbocycles. The highest BCUT2D eigenvalue weighted by Gasteiger charge is 2.53. The summed E-state index contributed by atoms with van der Waals surface area (Å²) in [6.45, 7) is 7.61. The zero-order valence-electron chi connectivity index (χ0n) is 39.1. The predicted molar refractivity (Wildman–Crippen MR) is 250 cm³/mol. The van der Waals surface area contributed by atoms with Crippen LogP contribution in [-0.2, 0) is 78.5 Å². The molecule has 4 N–H and O–H groups in total. The van der Waals surface area contributed by atoms with Gasteiger partial charge in [0.05, 0.1) is 27.4 Å². The van der Waals surface area contributed by atoms with Crippen LogP contribution in [0.3, 0.4) is 0 Å². The molecule has 0 aliphatic carbocycles. The minimum Gasteiger partial charge on any atom is -0.467 e. The zero-order valence-corrected chi connectivity index (χ0v) is 39.1. The van der Waals surface area contributed by atoms with E-state index in [0.29, 0.717) is 0 Å². The second kappa shape index (κ2) is 26.1. The fraction of sp³-hybridized carbons (Fsp3) is 0.423. The minimum atomic E-state index is -1.53. The number of esters is 2. The van der Waals surface area contributed by atoms with Crippen molar-refractivity contribution in [3.05, 3.63) is 144 Å². The molecule has 4 aromatic rings. The number of rotatable bonds is 24. The Bertz CT molecular complexity index is 2040. The minimum absolute atomic E-state index is 0.00801. The highest BCUT2D eigenvalue weighted by Crippen LogP contribution is 2.30. The number of methoxy groups -OCH3 is 2. The molecule has 67 heavy (non-hydrogen) atoms. The van der Waals surface area contributed by atoms with E-state index >= 15 is 0 Å². The Balaban J connectivity index is 1.52. The van der Waals surface area contributed by atoms with E-state index < -0.39 is 84.2 Å². The average molecular weight is 921 g/mol. The van der Waals surface area contributed by atoms with Crippen molar-refractivity contribution in [2.24, 2.45) is 11.8 Å². The normalized spacial score (nSPS) is 18.5. The maximum atomic E-state index is 14.8. The molecule has 1 fully saturated rings. The molecule has 4 amide bonds. The molecule has 5 rings (SSSR count). The van der Waals surface area contributed by atoms with Gasteiger partial charge in [-0.05, 0) is 46.9 Å². The molecular formula is C52H64N4O11. The largest absolute Gasteiger partial charge is 0.467 e. The third-order valence-corrected chi connectivity index (χ3v) is 11.2. The molecule has 0 aromatic heterocycles. The van der Waals surface area contributed by atoms with E-state index in [9.17, 15) is 28.8 Å². The summed E-state index contributed by atoms with van der Waals surface area (Å²) < 4.78 is 29.5. The molecule has 0 bridgehead atoms. The van der Waals surface area contributed by atoms with Gasteiger partial charge in [-0.25, -0.2) is 9.59 Å². The van der Waals surface area contributed by atoms with Gasteiger partial charge < -0.3 is 45.0 Å². The highest BCUT2D eigenvalue weighted by atomic mass is 16.6. The highest BCUT2D eigenvalue weighted by molar-refractivity contribution is 5.94. The first-order chi connectivity index (χ1) is 32.3. The van der Waals surface area contributed by atoms with Gasteiger partial charge in [0.1, 0.15) is 36.4 Å². The average Bonchev–Trinajstić information content (AvgIpc) is 3.70. The standard InChI is InChI=1S/C52H64N4O11/c1-33(2)27-41(51(61)63-5)55-47(57)39(29-35-19-11-7-12-20-35)53-49(59)45-43(65-31-37-23-15-9-16-24-37)44(66-32-38-25-17-10-18-26-38)46(67-45)50(60)54-40(30-36-21-13-8-14-22-36)48(58)56-42(28-34(3)4)52(62)64-6/h7-26,33-34,39-46H,27-32H2,1-6H3,(H,53,59)(H,54,60)(H,55,57)(H,56,58)/t39-,40-,41-,42-,43-,44-,45+,46+/m0/s1. The van der Waals surface area contributed by atoms with E-state index in [1.165, 1.54) is 14.2 Å². The summed E-state index contributed by atoms with van der Waals surface area (Å²) in [7, 11) is 2.48. The lowest BCUT2D eigenvalue weighted by molar-refractivity contribution is -0.147. The molecule has 1 aliphatic rings. The van der Waals surface area contributed by atoms with Crippen LogP contribution >= 0.6 is 0 Å². The molecule has 0 radical (unpaired) electrons. The topological polar surface area (TPSA) is 197 Å². The van der Waals surface area contributed by atoms with E-state index in [0.717, 1.165) is 22.3 Å². The molecule has 15 heteroatoms. The summed E-state index contributed by atoms with van der Waals surface area (Å²) >= 11 is 0. The summed E-state index contributed by atoms with van der Waals surface area (Å²) in [5.41, 5.74) is 2.96.